The van der Waals surface area contributed by atoms with E-state index in [1.165, 1.54) is 19.1 Å². The van der Waals surface area contributed by atoms with Gasteiger partial charge in [-0.3, -0.25) is 9.69 Å². The average Bonchev–Trinajstić information content (AvgIpc) is 2.78. The molecule has 2 rings (SSSR count). The lowest BCUT2D eigenvalue weighted by Gasteiger charge is -2.43. The fourth-order valence-electron chi connectivity index (χ4n) is 6.51. The smallest absolute Gasteiger partial charge is 0.416 e. The molecule has 0 radical (unpaired) electrons. The van der Waals surface area contributed by atoms with E-state index in [1.807, 2.05) is 0 Å². The molecule has 0 amide bonds. The molecule has 1 atom stereocenters. The number of rotatable bonds is 11. The highest BCUT2D eigenvalue weighted by Crippen LogP contribution is 2.44. The number of ether oxygens (including phenoxy) is 1. The molecule has 0 N–H and O–H groups in total. The zero-order valence-corrected chi connectivity index (χ0v) is 25.2. The molecule has 212 valence electrons. The second kappa shape index (κ2) is 13.1. The second-order valence-electron chi connectivity index (χ2n) is 12.0. The molecule has 37 heavy (non-hydrogen) atoms. The van der Waals surface area contributed by atoms with Gasteiger partial charge in [0, 0.05) is 13.0 Å². The van der Waals surface area contributed by atoms with Gasteiger partial charge in [0.2, 0.25) is 8.32 Å². The van der Waals surface area contributed by atoms with Gasteiger partial charge in [0.15, 0.2) is 0 Å². The van der Waals surface area contributed by atoms with Crippen molar-refractivity contribution in [2.24, 2.45) is 11.8 Å². The first-order chi connectivity index (χ1) is 17.1. The summed E-state index contributed by atoms with van der Waals surface area (Å²) < 4.78 is 53.3. The molecule has 0 spiro atoms. The third kappa shape index (κ3) is 7.82. The van der Waals surface area contributed by atoms with Crippen molar-refractivity contribution in [3.8, 4) is 0 Å². The number of benzene rings is 1. The topological polar surface area (TPSA) is 38.8 Å². The van der Waals surface area contributed by atoms with E-state index in [9.17, 15) is 18.0 Å². The average molecular weight is 544 g/mol. The molecule has 8 heteroatoms. The van der Waals surface area contributed by atoms with E-state index in [4.69, 9.17) is 9.16 Å². The van der Waals surface area contributed by atoms with Crippen molar-refractivity contribution < 1.29 is 27.1 Å². The Kier molecular flexibility index (Phi) is 11.3. The van der Waals surface area contributed by atoms with Crippen LogP contribution in [0.2, 0.25) is 16.6 Å². The SMILES string of the molecule is CC(=O)OCC1CCN(C(c2ccc(C(F)(F)F)cc2CO[Si](C(C)C)(C(C)C)C(C)C)C(C)C)CC1. The van der Waals surface area contributed by atoms with Gasteiger partial charge < -0.3 is 9.16 Å². The van der Waals surface area contributed by atoms with Crippen molar-refractivity contribution in [3.05, 3.63) is 34.9 Å². The van der Waals surface area contributed by atoms with Crippen LogP contribution in [-0.2, 0) is 26.7 Å². The van der Waals surface area contributed by atoms with E-state index in [0.717, 1.165) is 31.5 Å². The summed E-state index contributed by atoms with van der Waals surface area (Å²) in [6.07, 6.45) is -2.61. The van der Waals surface area contributed by atoms with E-state index in [1.54, 1.807) is 6.07 Å². The second-order valence-corrected chi connectivity index (χ2v) is 17.4. The number of piperidine rings is 1. The van der Waals surface area contributed by atoms with E-state index in [2.05, 4.69) is 60.3 Å². The Hall–Kier alpha value is -1.38. The number of likely N-dealkylation sites (tertiary alicyclic amines) is 1. The van der Waals surface area contributed by atoms with Gasteiger partial charge in [-0.05, 0) is 77.7 Å². The number of halogens is 3. The lowest BCUT2D eigenvalue weighted by molar-refractivity contribution is -0.143. The van der Waals surface area contributed by atoms with Crippen molar-refractivity contribution in [2.75, 3.05) is 19.7 Å². The van der Waals surface area contributed by atoms with Gasteiger partial charge in [-0.2, -0.15) is 13.2 Å². The van der Waals surface area contributed by atoms with E-state index in [0.29, 0.717) is 34.7 Å². The standard InChI is InChI=1S/C29H48F3NO3Si/c1-19(2)28(33-14-12-24(13-15-33)17-35-23(9)34)27-11-10-26(29(30,31)32)16-25(27)18-36-37(20(3)4,21(5)6)22(7)8/h10-11,16,19-22,24,28H,12-15,17-18H2,1-9H3. The summed E-state index contributed by atoms with van der Waals surface area (Å²) >= 11 is 0. The Morgan fingerprint density at radius 2 is 1.54 bits per heavy atom. The molecule has 1 aliphatic heterocycles. The van der Waals surface area contributed by atoms with Crippen molar-refractivity contribution in [1.82, 2.24) is 4.90 Å². The van der Waals surface area contributed by atoms with Gasteiger partial charge in [-0.15, -0.1) is 0 Å². The van der Waals surface area contributed by atoms with Gasteiger partial charge in [-0.1, -0.05) is 61.5 Å². The highest BCUT2D eigenvalue weighted by atomic mass is 28.4. The minimum Gasteiger partial charge on any atom is -0.466 e. The summed E-state index contributed by atoms with van der Waals surface area (Å²) in [6.45, 7) is 21.1. The Bertz CT molecular complexity index is 856. The van der Waals surface area contributed by atoms with Crippen LogP contribution in [0.1, 0.15) is 97.9 Å². The largest absolute Gasteiger partial charge is 0.466 e. The minimum atomic E-state index is -4.40. The Labute approximate surface area is 223 Å². The summed E-state index contributed by atoms with van der Waals surface area (Å²) in [5.74, 6) is 0.265. The van der Waals surface area contributed by atoms with Gasteiger partial charge in [-0.25, -0.2) is 0 Å². The first-order valence-electron chi connectivity index (χ1n) is 13.8. The molecule has 0 bridgehead atoms. The Morgan fingerprint density at radius 1 is 1.00 bits per heavy atom. The summed E-state index contributed by atoms with van der Waals surface area (Å²) in [6, 6.07) is 4.21. The Balaban J connectivity index is 2.42. The number of hydrogen-bond donors (Lipinski definition) is 0. The van der Waals surface area contributed by atoms with Crippen molar-refractivity contribution in [3.63, 3.8) is 0 Å². The van der Waals surface area contributed by atoms with Crippen LogP contribution in [-0.4, -0.2) is 38.9 Å². The summed E-state index contributed by atoms with van der Waals surface area (Å²) in [7, 11) is -2.26. The quantitative estimate of drug-likeness (QED) is 0.208. The number of hydrogen-bond acceptors (Lipinski definition) is 4. The summed E-state index contributed by atoms with van der Waals surface area (Å²) in [5.41, 5.74) is 2.00. The maximum Gasteiger partial charge on any atom is 0.416 e. The Morgan fingerprint density at radius 3 is 1.97 bits per heavy atom. The third-order valence-electron chi connectivity index (χ3n) is 8.17. The molecule has 1 unspecified atom stereocenters. The minimum absolute atomic E-state index is 0.0104. The molecule has 1 aromatic rings. The van der Waals surface area contributed by atoms with Crippen molar-refractivity contribution >= 4 is 14.3 Å². The van der Waals surface area contributed by atoms with Crippen LogP contribution in [0, 0.1) is 11.8 Å². The highest BCUT2D eigenvalue weighted by Gasteiger charge is 2.45. The maximum atomic E-state index is 13.8. The van der Waals surface area contributed by atoms with Crippen LogP contribution < -0.4 is 0 Å². The predicted molar refractivity (Wildman–Crippen MR) is 146 cm³/mol. The van der Waals surface area contributed by atoms with Crippen LogP contribution in [0.15, 0.2) is 18.2 Å². The molecular formula is C29H48F3NO3Si. The maximum absolute atomic E-state index is 13.8. The zero-order valence-electron chi connectivity index (χ0n) is 24.2. The van der Waals surface area contributed by atoms with E-state index < -0.39 is 20.1 Å². The number of nitrogens with zero attached hydrogens (tertiary/aromatic N) is 1. The number of carbonyl (C=O) groups is 1. The van der Waals surface area contributed by atoms with E-state index in [-0.39, 0.29) is 24.5 Å². The first kappa shape index (κ1) is 31.8. The third-order valence-corrected chi connectivity index (χ3v) is 14.2. The fraction of sp³-hybridized carbons (Fsp3) is 0.759. The zero-order chi connectivity index (χ0) is 28.1. The molecule has 0 aliphatic carbocycles. The van der Waals surface area contributed by atoms with Crippen molar-refractivity contribution in [1.29, 1.82) is 0 Å². The van der Waals surface area contributed by atoms with Crippen LogP contribution >= 0.6 is 0 Å². The number of carbonyl (C=O) groups excluding carboxylic acids is 1. The lowest BCUT2D eigenvalue weighted by Crippen LogP contribution is -2.47. The van der Waals surface area contributed by atoms with Gasteiger partial charge in [0.05, 0.1) is 18.8 Å². The highest BCUT2D eigenvalue weighted by molar-refractivity contribution is 6.77. The number of alkyl halides is 3. The molecule has 1 saturated heterocycles. The molecule has 0 aromatic heterocycles. The van der Waals surface area contributed by atoms with Gasteiger partial charge in [0.25, 0.3) is 0 Å². The summed E-state index contributed by atoms with van der Waals surface area (Å²) in [5, 5.41) is 0. The van der Waals surface area contributed by atoms with Crippen LogP contribution in [0.25, 0.3) is 0 Å². The predicted octanol–water partition coefficient (Wildman–Crippen LogP) is 8.37. The van der Waals surface area contributed by atoms with Crippen LogP contribution in [0.4, 0.5) is 13.2 Å². The first-order valence-corrected chi connectivity index (χ1v) is 16.0. The van der Waals surface area contributed by atoms with Crippen molar-refractivity contribution in [2.45, 2.75) is 111 Å². The lowest BCUT2D eigenvalue weighted by atomic mass is 9.87. The molecule has 1 aromatic carbocycles. The summed E-state index contributed by atoms with van der Waals surface area (Å²) in [4.78, 5) is 13.6. The van der Waals surface area contributed by atoms with E-state index >= 15 is 0 Å². The molecule has 1 fully saturated rings. The van der Waals surface area contributed by atoms with Gasteiger partial charge >= 0.3 is 12.1 Å². The monoisotopic (exact) mass is 543 g/mol. The number of esters is 1. The molecule has 1 heterocycles. The van der Waals surface area contributed by atoms with Crippen LogP contribution in [0.5, 0.6) is 0 Å². The molecule has 0 saturated carbocycles. The van der Waals surface area contributed by atoms with Crippen LogP contribution in [0.3, 0.4) is 0 Å². The molecule has 4 nitrogen and oxygen atoms in total. The fourth-order valence-corrected chi connectivity index (χ4v) is 11.9. The molecular weight excluding hydrogens is 495 g/mol. The normalized spacial score (nSPS) is 17.3. The van der Waals surface area contributed by atoms with Gasteiger partial charge in [0.1, 0.15) is 0 Å². The molecule has 1 aliphatic rings.